The predicted molar refractivity (Wildman–Crippen MR) is 383 cm³/mol. The van der Waals surface area contributed by atoms with Gasteiger partial charge in [-0.25, -0.2) is 29.9 Å². The zero-order valence-electron chi connectivity index (χ0n) is 50.5. The van der Waals surface area contributed by atoms with Crippen molar-refractivity contribution in [3.63, 3.8) is 0 Å². The molecule has 0 saturated carbocycles. The molecule has 8 nitrogen and oxygen atoms in total. The maximum absolute atomic E-state index is 7.23. The Labute approximate surface area is 540 Å². The van der Waals surface area contributed by atoms with Gasteiger partial charge in [0.05, 0.1) is 0 Å². The summed E-state index contributed by atoms with van der Waals surface area (Å²) in [6.45, 7) is 0. The maximum Gasteiger partial charge on any atom is 0.164 e. The van der Waals surface area contributed by atoms with Gasteiger partial charge in [0.15, 0.2) is 34.9 Å². The summed E-state index contributed by atoms with van der Waals surface area (Å²) < 4.78 is 13.8. The van der Waals surface area contributed by atoms with Crippen LogP contribution in [0.25, 0.3) is 189 Å². The van der Waals surface area contributed by atoms with Crippen molar-refractivity contribution >= 4 is 65.4 Å². The van der Waals surface area contributed by atoms with Crippen molar-refractivity contribution in [3.8, 4) is 124 Å². The van der Waals surface area contributed by atoms with Crippen molar-refractivity contribution in [1.29, 1.82) is 0 Å². The number of hydrogen-bond acceptors (Lipinski definition) is 8. The fourth-order valence-electron chi connectivity index (χ4n) is 13.6. The van der Waals surface area contributed by atoms with Crippen LogP contribution in [0.5, 0.6) is 0 Å². The van der Waals surface area contributed by atoms with E-state index >= 15 is 0 Å². The van der Waals surface area contributed by atoms with Gasteiger partial charge < -0.3 is 8.83 Å². The fraction of sp³-hybridized carbons (Fsp3) is 0. The molecule has 4 heterocycles. The highest BCUT2D eigenvalue weighted by molar-refractivity contribution is 6.24. The number of hydrogen-bond donors (Lipinski definition) is 0. The third-order valence-corrected chi connectivity index (χ3v) is 18.0. The Morgan fingerprint density at radius 3 is 1.12 bits per heavy atom. The van der Waals surface area contributed by atoms with Crippen molar-refractivity contribution < 1.29 is 8.83 Å². The quantitative estimate of drug-likeness (QED) is 0.126. The van der Waals surface area contributed by atoms with E-state index in [-0.39, 0.29) is 0 Å². The van der Waals surface area contributed by atoms with Gasteiger partial charge in [-0.15, -0.1) is 0 Å². The second-order valence-corrected chi connectivity index (χ2v) is 23.6. The van der Waals surface area contributed by atoms with Crippen molar-refractivity contribution in [2.45, 2.75) is 0 Å². The average Bonchev–Trinajstić information content (AvgIpc) is 1.54. The van der Waals surface area contributed by atoms with Gasteiger partial charge in [-0.2, -0.15) is 0 Å². The number of furan rings is 2. The van der Waals surface area contributed by atoms with Gasteiger partial charge in [-0.1, -0.05) is 273 Å². The smallest absolute Gasteiger partial charge is 0.164 e. The molecule has 0 radical (unpaired) electrons. The SMILES string of the molecule is c1ccc(-c2nc(-c3ccccc3)nc(-c3ccc(-c4cccc5oc6c(-c7cccc(-c8nc(-c9ccccc9)nc(-c9ccc(-c%10cccc%11oc%12ccc%13ccccc%13c%12c%10%11)c(-c%10ccccc%10)c9)n8)c7)c7ccccc7cc6c45)c(-c4ccccc4)c3)n2)cc1. The summed E-state index contributed by atoms with van der Waals surface area (Å²) in [6.07, 6.45) is 0. The molecular weight excluding hydrogens is 1150 g/mol. The highest BCUT2D eigenvalue weighted by Gasteiger charge is 2.25. The number of aromatic nitrogens is 6. The zero-order valence-corrected chi connectivity index (χ0v) is 50.5. The second-order valence-electron chi connectivity index (χ2n) is 23.6. The van der Waals surface area contributed by atoms with E-state index in [0.717, 1.165) is 154 Å². The molecule has 8 heteroatoms. The molecule has 0 aliphatic carbocycles. The van der Waals surface area contributed by atoms with Gasteiger partial charge in [-0.05, 0) is 114 Å². The molecule has 0 spiro atoms. The average molecular weight is 1200 g/mol. The molecular formula is C86H52N6O2. The van der Waals surface area contributed by atoms with Crippen molar-refractivity contribution in [1.82, 2.24) is 29.9 Å². The van der Waals surface area contributed by atoms with E-state index < -0.39 is 0 Å². The van der Waals surface area contributed by atoms with E-state index in [1.54, 1.807) is 0 Å². The third kappa shape index (κ3) is 9.47. The van der Waals surface area contributed by atoms with Crippen LogP contribution in [0.3, 0.4) is 0 Å². The van der Waals surface area contributed by atoms with Crippen LogP contribution in [-0.2, 0) is 0 Å². The van der Waals surface area contributed by atoms with Gasteiger partial charge in [0.25, 0.3) is 0 Å². The van der Waals surface area contributed by atoms with Crippen LogP contribution in [0.4, 0.5) is 0 Å². The molecule has 4 aromatic heterocycles. The molecule has 14 aromatic carbocycles. The molecule has 0 unspecified atom stereocenters. The van der Waals surface area contributed by atoms with Crippen LogP contribution in [0.15, 0.2) is 324 Å². The summed E-state index contributed by atoms with van der Waals surface area (Å²) in [6, 6.07) is 110. The van der Waals surface area contributed by atoms with E-state index in [1.807, 2.05) is 78.9 Å². The van der Waals surface area contributed by atoms with Crippen LogP contribution in [0, 0.1) is 0 Å². The van der Waals surface area contributed by atoms with E-state index in [4.69, 9.17) is 38.7 Å². The van der Waals surface area contributed by atoms with E-state index in [9.17, 15) is 0 Å². The van der Waals surface area contributed by atoms with Gasteiger partial charge in [0.2, 0.25) is 0 Å². The Morgan fingerprint density at radius 1 is 0.191 bits per heavy atom. The molecule has 94 heavy (non-hydrogen) atoms. The molecule has 18 rings (SSSR count). The van der Waals surface area contributed by atoms with Gasteiger partial charge >= 0.3 is 0 Å². The van der Waals surface area contributed by atoms with E-state index in [1.165, 1.54) is 0 Å². The van der Waals surface area contributed by atoms with Crippen LogP contribution in [-0.4, -0.2) is 29.9 Å². The van der Waals surface area contributed by atoms with Gasteiger partial charge in [-0.3, -0.25) is 0 Å². The predicted octanol–water partition coefficient (Wildman–Crippen LogP) is 22.5. The lowest BCUT2D eigenvalue weighted by molar-refractivity contribution is 0.669. The Kier molecular flexibility index (Phi) is 13.0. The molecule has 0 aliphatic rings. The summed E-state index contributed by atoms with van der Waals surface area (Å²) in [5.41, 5.74) is 18.9. The van der Waals surface area contributed by atoms with Crippen molar-refractivity contribution in [2.24, 2.45) is 0 Å². The first-order chi connectivity index (χ1) is 46.6. The summed E-state index contributed by atoms with van der Waals surface area (Å²) in [4.78, 5) is 31.3. The number of benzene rings is 14. The summed E-state index contributed by atoms with van der Waals surface area (Å²) in [7, 11) is 0. The Hall–Kier alpha value is -12.8. The van der Waals surface area contributed by atoms with Crippen molar-refractivity contribution in [2.75, 3.05) is 0 Å². The Balaban J connectivity index is 0.787. The first kappa shape index (κ1) is 54.2. The molecule has 0 atom stereocenters. The normalized spacial score (nSPS) is 11.6. The fourth-order valence-corrected chi connectivity index (χ4v) is 13.6. The number of rotatable bonds is 11. The Bertz CT molecular complexity index is 5910. The number of fused-ring (bicyclic) bond motifs is 9. The minimum atomic E-state index is 0.544. The molecule has 438 valence electrons. The summed E-state index contributed by atoms with van der Waals surface area (Å²) in [5.74, 6) is 3.47. The number of nitrogens with zero attached hydrogens (tertiary/aromatic N) is 6. The second kappa shape index (κ2) is 22.6. The molecule has 0 bridgehead atoms. The monoisotopic (exact) mass is 1200 g/mol. The molecule has 0 amide bonds. The van der Waals surface area contributed by atoms with E-state index in [2.05, 4.69) is 237 Å². The Morgan fingerprint density at radius 2 is 0.585 bits per heavy atom. The first-order valence-corrected chi connectivity index (χ1v) is 31.5. The molecule has 18 aromatic rings. The van der Waals surface area contributed by atoms with Crippen LogP contribution < -0.4 is 0 Å². The van der Waals surface area contributed by atoms with Gasteiger partial charge in [0.1, 0.15) is 22.3 Å². The van der Waals surface area contributed by atoms with E-state index in [0.29, 0.717) is 34.9 Å². The lowest BCUT2D eigenvalue weighted by Gasteiger charge is -2.15. The lowest BCUT2D eigenvalue weighted by Crippen LogP contribution is -2.01. The molecule has 0 N–H and O–H groups in total. The van der Waals surface area contributed by atoms with Crippen LogP contribution >= 0.6 is 0 Å². The minimum absolute atomic E-state index is 0.544. The summed E-state index contributed by atoms with van der Waals surface area (Å²) >= 11 is 0. The topological polar surface area (TPSA) is 104 Å². The largest absolute Gasteiger partial charge is 0.456 e. The standard InChI is InChI=1S/C86H52N6O2/c1-6-23-53(24-7-1)70-51-62(85-89-81(56-28-10-3-11-29-56)87-82(90-85)57-30-12-4-13-31-57)43-46-66(70)68-39-21-41-73-77(68)72-50-59-34-17-19-38-65(59)76(80(72)94-73)60-35-20-36-61(49-60)84-88-83(58-32-14-5-15-33-58)91-86(92-84)63-44-47-67(71(52-63)54-25-8-2-9-26-54)69-40-22-42-74-79(69)78-64-37-18-16-27-55(64)45-48-75(78)93-74/h1-52H. The summed E-state index contributed by atoms with van der Waals surface area (Å²) in [5, 5.41) is 8.67. The third-order valence-electron chi connectivity index (χ3n) is 18.0. The van der Waals surface area contributed by atoms with Crippen LogP contribution in [0.1, 0.15) is 0 Å². The molecule has 0 aliphatic heterocycles. The van der Waals surface area contributed by atoms with Gasteiger partial charge in [0, 0.05) is 60.5 Å². The zero-order chi connectivity index (χ0) is 62.1. The highest BCUT2D eigenvalue weighted by Crippen LogP contribution is 2.48. The molecule has 0 fully saturated rings. The first-order valence-electron chi connectivity index (χ1n) is 31.5. The van der Waals surface area contributed by atoms with Crippen LogP contribution in [0.2, 0.25) is 0 Å². The lowest BCUT2D eigenvalue weighted by atomic mass is 9.89. The molecule has 0 saturated heterocycles. The van der Waals surface area contributed by atoms with Crippen molar-refractivity contribution in [3.05, 3.63) is 315 Å². The maximum atomic E-state index is 7.23. The minimum Gasteiger partial charge on any atom is -0.456 e. The highest BCUT2D eigenvalue weighted by atomic mass is 16.3.